The quantitative estimate of drug-likeness (QED) is 0.596. The molecule has 1 aromatic carbocycles. The summed E-state index contributed by atoms with van der Waals surface area (Å²) in [6.45, 7) is 1.99. The fraction of sp³-hybridized carbons (Fsp3) is 0.562. The molecule has 0 spiro atoms. The SMILES string of the molecule is CN(CCC(F)(F)F)C(CNC1=NCCCN1)c1ccc(Cl)cc1.I. The van der Waals surface area contributed by atoms with Crippen LogP contribution >= 0.6 is 35.6 Å². The number of likely N-dealkylation sites (N-methyl/N-ethyl adjacent to an activating group) is 1. The first-order valence-corrected chi connectivity index (χ1v) is 8.27. The minimum Gasteiger partial charge on any atom is -0.356 e. The van der Waals surface area contributed by atoms with Gasteiger partial charge in [0.1, 0.15) is 0 Å². The van der Waals surface area contributed by atoms with Crippen LogP contribution in [0.25, 0.3) is 0 Å². The predicted octanol–water partition coefficient (Wildman–Crippen LogP) is 3.82. The Bertz CT molecular complexity index is 551. The molecule has 0 fully saturated rings. The second kappa shape index (κ2) is 10.4. The van der Waals surface area contributed by atoms with Crippen molar-refractivity contribution in [2.45, 2.75) is 25.1 Å². The van der Waals surface area contributed by atoms with E-state index in [0.717, 1.165) is 25.1 Å². The summed E-state index contributed by atoms with van der Waals surface area (Å²) in [6.07, 6.45) is -4.02. The first kappa shape index (κ1) is 22.3. The van der Waals surface area contributed by atoms with Gasteiger partial charge in [0.05, 0.1) is 12.5 Å². The van der Waals surface area contributed by atoms with Crippen molar-refractivity contribution in [1.82, 2.24) is 15.5 Å². The lowest BCUT2D eigenvalue weighted by atomic mass is 10.1. The lowest BCUT2D eigenvalue weighted by molar-refractivity contribution is -0.138. The zero-order valence-electron chi connectivity index (χ0n) is 13.9. The highest BCUT2D eigenvalue weighted by Gasteiger charge is 2.29. The van der Waals surface area contributed by atoms with Crippen LogP contribution in [0.3, 0.4) is 0 Å². The van der Waals surface area contributed by atoms with E-state index in [9.17, 15) is 13.2 Å². The third kappa shape index (κ3) is 8.00. The molecule has 0 bridgehead atoms. The third-order valence-corrected chi connectivity index (χ3v) is 4.15. The Labute approximate surface area is 168 Å². The van der Waals surface area contributed by atoms with Crippen LogP contribution in [-0.4, -0.2) is 50.3 Å². The van der Waals surface area contributed by atoms with Crippen molar-refractivity contribution in [3.63, 3.8) is 0 Å². The highest BCUT2D eigenvalue weighted by molar-refractivity contribution is 14.0. The number of alkyl halides is 3. The van der Waals surface area contributed by atoms with Gasteiger partial charge in [-0.1, -0.05) is 23.7 Å². The molecule has 0 aliphatic carbocycles. The monoisotopic (exact) mass is 490 g/mol. The molecule has 1 atom stereocenters. The van der Waals surface area contributed by atoms with Crippen LogP contribution in [-0.2, 0) is 0 Å². The predicted molar refractivity (Wildman–Crippen MR) is 106 cm³/mol. The van der Waals surface area contributed by atoms with Gasteiger partial charge in [-0.15, -0.1) is 24.0 Å². The number of hydrogen-bond donors (Lipinski definition) is 2. The van der Waals surface area contributed by atoms with Crippen molar-refractivity contribution >= 4 is 41.5 Å². The summed E-state index contributed by atoms with van der Waals surface area (Å²) in [5.41, 5.74) is 0.910. The van der Waals surface area contributed by atoms with E-state index in [1.807, 2.05) is 12.1 Å². The van der Waals surface area contributed by atoms with E-state index in [4.69, 9.17) is 11.6 Å². The van der Waals surface area contributed by atoms with Gasteiger partial charge in [-0.3, -0.25) is 9.89 Å². The largest absolute Gasteiger partial charge is 0.390 e. The van der Waals surface area contributed by atoms with Gasteiger partial charge in [0.15, 0.2) is 5.96 Å². The third-order valence-electron chi connectivity index (χ3n) is 3.89. The molecule has 1 aliphatic rings. The van der Waals surface area contributed by atoms with Crippen molar-refractivity contribution in [2.24, 2.45) is 4.99 Å². The molecule has 0 saturated heterocycles. The van der Waals surface area contributed by atoms with Gasteiger partial charge in [-0.25, -0.2) is 0 Å². The molecule has 9 heteroatoms. The number of aliphatic imine (C=N–C) groups is 1. The van der Waals surface area contributed by atoms with E-state index in [2.05, 4.69) is 15.6 Å². The molecule has 1 aliphatic heterocycles. The van der Waals surface area contributed by atoms with Crippen molar-refractivity contribution in [1.29, 1.82) is 0 Å². The van der Waals surface area contributed by atoms with Gasteiger partial charge < -0.3 is 10.6 Å². The summed E-state index contributed by atoms with van der Waals surface area (Å²) < 4.78 is 37.6. The second-order valence-corrected chi connectivity index (χ2v) is 6.24. The molecule has 0 saturated carbocycles. The number of nitrogens with one attached hydrogen (secondary N) is 2. The van der Waals surface area contributed by atoms with Gasteiger partial charge in [-0.05, 0) is 31.2 Å². The van der Waals surface area contributed by atoms with Gasteiger partial charge in [0, 0.05) is 31.2 Å². The number of hydrogen-bond acceptors (Lipinski definition) is 4. The van der Waals surface area contributed by atoms with Crippen molar-refractivity contribution in [2.75, 3.05) is 33.2 Å². The summed E-state index contributed by atoms with van der Waals surface area (Å²) in [5.74, 6) is 0.699. The molecule has 4 nitrogen and oxygen atoms in total. The Balaban J connectivity index is 0.00000312. The van der Waals surface area contributed by atoms with Crippen molar-refractivity contribution in [3.05, 3.63) is 34.9 Å². The Morgan fingerprint density at radius 1 is 1.32 bits per heavy atom. The molecule has 1 unspecified atom stereocenters. The number of halogens is 5. The second-order valence-electron chi connectivity index (χ2n) is 5.80. The average Bonchev–Trinajstić information content (AvgIpc) is 2.55. The molecule has 0 aromatic heterocycles. The maximum absolute atomic E-state index is 12.5. The van der Waals surface area contributed by atoms with Crippen LogP contribution in [0, 0.1) is 0 Å². The van der Waals surface area contributed by atoms with E-state index in [1.165, 1.54) is 0 Å². The Morgan fingerprint density at radius 2 is 2.00 bits per heavy atom. The summed E-state index contributed by atoms with van der Waals surface area (Å²) in [5, 5.41) is 6.94. The molecule has 0 radical (unpaired) electrons. The molecular formula is C16H23ClF3IN4. The first-order chi connectivity index (χ1) is 11.3. The fourth-order valence-electron chi connectivity index (χ4n) is 2.52. The molecular weight excluding hydrogens is 468 g/mol. The van der Waals surface area contributed by atoms with E-state index >= 15 is 0 Å². The van der Waals surface area contributed by atoms with Crippen LogP contribution in [0.2, 0.25) is 5.02 Å². The first-order valence-electron chi connectivity index (χ1n) is 7.90. The Morgan fingerprint density at radius 3 is 2.56 bits per heavy atom. The Kier molecular flexibility index (Phi) is 9.29. The van der Waals surface area contributed by atoms with Gasteiger partial charge in [0.25, 0.3) is 0 Å². The van der Waals surface area contributed by atoms with Crippen LogP contribution < -0.4 is 10.6 Å². The summed E-state index contributed by atoms with van der Waals surface area (Å²) >= 11 is 5.91. The molecule has 142 valence electrons. The van der Waals surface area contributed by atoms with E-state index in [0.29, 0.717) is 17.5 Å². The topological polar surface area (TPSA) is 39.7 Å². The molecule has 2 N–H and O–H groups in total. The highest BCUT2D eigenvalue weighted by atomic mass is 127. The van der Waals surface area contributed by atoms with Gasteiger partial charge >= 0.3 is 6.18 Å². The average molecular weight is 491 g/mol. The van der Waals surface area contributed by atoms with Crippen molar-refractivity contribution in [3.8, 4) is 0 Å². The number of benzene rings is 1. The van der Waals surface area contributed by atoms with Gasteiger partial charge in [-0.2, -0.15) is 13.2 Å². The maximum Gasteiger partial charge on any atom is 0.390 e. The van der Waals surface area contributed by atoms with E-state index in [-0.39, 0.29) is 36.6 Å². The van der Waals surface area contributed by atoms with Crippen LogP contribution in [0.15, 0.2) is 29.3 Å². The normalized spacial score (nSPS) is 15.8. The van der Waals surface area contributed by atoms with Crippen LogP contribution in [0.1, 0.15) is 24.4 Å². The fourth-order valence-corrected chi connectivity index (χ4v) is 2.64. The zero-order valence-corrected chi connectivity index (χ0v) is 17.0. The van der Waals surface area contributed by atoms with Crippen molar-refractivity contribution < 1.29 is 13.2 Å². The minimum absolute atomic E-state index is 0. The molecule has 2 rings (SSSR count). The maximum atomic E-state index is 12.5. The molecule has 1 aromatic rings. The summed E-state index contributed by atoms with van der Waals surface area (Å²) in [7, 11) is 1.70. The zero-order chi connectivity index (χ0) is 17.6. The summed E-state index contributed by atoms with van der Waals surface area (Å²) in [6, 6.07) is 6.97. The minimum atomic E-state index is -4.17. The van der Waals surface area contributed by atoms with Crippen LogP contribution in [0.4, 0.5) is 13.2 Å². The van der Waals surface area contributed by atoms with Gasteiger partial charge in [0.2, 0.25) is 0 Å². The number of nitrogens with zero attached hydrogens (tertiary/aromatic N) is 2. The molecule has 0 amide bonds. The number of rotatable bonds is 6. The Hall–Kier alpha value is -0.740. The summed E-state index contributed by atoms with van der Waals surface area (Å²) in [4.78, 5) is 6.03. The van der Waals surface area contributed by atoms with E-state index < -0.39 is 12.6 Å². The number of guanidine groups is 1. The van der Waals surface area contributed by atoms with Crippen LogP contribution in [0.5, 0.6) is 0 Å². The lowest BCUT2D eigenvalue weighted by Gasteiger charge is -2.30. The van der Waals surface area contributed by atoms with E-state index in [1.54, 1.807) is 24.1 Å². The standard InChI is InChI=1S/C16H22ClF3N4.HI/c1-24(10-7-16(18,19)20)14(12-3-5-13(17)6-4-12)11-23-15-21-8-2-9-22-15;/h3-6,14H,2,7-11H2,1H3,(H2,21,22,23);1H. The molecule has 1 heterocycles. The highest BCUT2D eigenvalue weighted by Crippen LogP contribution is 2.25. The smallest absolute Gasteiger partial charge is 0.356 e. The molecule has 25 heavy (non-hydrogen) atoms. The lowest BCUT2D eigenvalue weighted by Crippen LogP contribution is -2.44.